The smallest absolute Gasteiger partial charge is 0.255 e. The summed E-state index contributed by atoms with van der Waals surface area (Å²) in [6, 6.07) is 0. The van der Waals surface area contributed by atoms with Crippen molar-refractivity contribution in [3.05, 3.63) is 17.0 Å². The molecule has 104 valence electrons. The van der Waals surface area contributed by atoms with Crippen LogP contribution in [0.25, 0.3) is 5.78 Å². The van der Waals surface area contributed by atoms with E-state index >= 15 is 0 Å². The Hall–Kier alpha value is -1.05. The van der Waals surface area contributed by atoms with Crippen molar-refractivity contribution in [3.63, 3.8) is 0 Å². The number of rotatable bonds is 5. The molecule has 2 heterocycles. The molecule has 8 heteroatoms. The number of hydrogen-bond donors (Lipinski definition) is 2. The van der Waals surface area contributed by atoms with Gasteiger partial charge in [0.05, 0.1) is 5.60 Å². The van der Waals surface area contributed by atoms with E-state index in [4.69, 9.17) is 11.6 Å². The highest BCUT2D eigenvalue weighted by Gasteiger charge is 2.21. The van der Waals surface area contributed by atoms with Crippen LogP contribution in [0.4, 0.5) is 5.82 Å². The molecule has 0 fully saturated rings. The number of fused-ring (bicyclic) bond motifs is 1. The van der Waals surface area contributed by atoms with Gasteiger partial charge in [-0.05, 0) is 20.1 Å². The molecule has 0 spiro atoms. The molecule has 6 nitrogen and oxygen atoms in total. The molecule has 19 heavy (non-hydrogen) atoms. The Morgan fingerprint density at radius 1 is 1.58 bits per heavy atom. The molecule has 0 saturated carbocycles. The summed E-state index contributed by atoms with van der Waals surface area (Å²) in [7, 11) is 0. The van der Waals surface area contributed by atoms with Gasteiger partial charge in [0.1, 0.15) is 17.3 Å². The summed E-state index contributed by atoms with van der Waals surface area (Å²) in [4.78, 5) is 8.14. The molecule has 0 aliphatic carbocycles. The fraction of sp³-hybridized carbons (Fsp3) is 0.545. The van der Waals surface area contributed by atoms with E-state index in [-0.39, 0.29) is 0 Å². The average molecular weight is 302 g/mol. The monoisotopic (exact) mass is 301 g/mol. The van der Waals surface area contributed by atoms with Gasteiger partial charge in [-0.3, -0.25) is 0 Å². The Morgan fingerprint density at radius 2 is 2.32 bits per heavy atom. The Balaban J connectivity index is 2.29. The maximum absolute atomic E-state index is 10.2. The number of aromatic nitrogens is 4. The largest absolute Gasteiger partial charge is 0.387 e. The minimum atomic E-state index is -0.811. The molecule has 2 rings (SSSR count). The van der Waals surface area contributed by atoms with E-state index in [1.54, 1.807) is 23.2 Å². The molecule has 0 amide bonds. The molecule has 2 aromatic rings. The molecule has 0 radical (unpaired) electrons. The third-order valence-electron chi connectivity index (χ3n) is 2.70. The predicted molar refractivity (Wildman–Crippen MR) is 78.0 cm³/mol. The Kier molecular flexibility index (Phi) is 4.17. The SMILES string of the molecule is CSCC(C)(O)CNc1c(C)c(Cl)nc2ncnn12. The van der Waals surface area contributed by atoms with Crippen LogP contribution in [-0.2, 0) is 0 Å². The van der Waals surface area contributed by atoms with Crippen molar-refractivity contribution in [1.82, 2.24) is 19.6 Å². The molecular formula is C11H16ClN5OS. The highest BCUT2D eigenvalue weighted by Crippen LogP contribution is 2.23. The highest BCUT2D eigenvalue weighted by atomic mass is 35.5. The summed E-state index contributed by atoms with van der Waals surface area (Å²) in [6.45, 7) is 4.03. The first-order chi connectivity index (χ1) is 8.94. The molecule has 0 saturated heterocycles. The number of anilines is 1. The normalized spacial score (nSPS) is 14.6. The second kappa shape index (κ2) is 5.52. The van der Waals surface area contributed by atoms with Gasteiger partial charge >= 0.3 is 0 Å². The summed E-state index contributed by atoms with van der Waals surface area (Å²) in [5, 5.41) is 17.8. The average Bonchev–Trinajstić information content (AvgIpc) is 2.77. The predicted octanol–water partition coefficient (Wildman–Crippen LogP) is 1.61. The number of nitrogens with one attached hydrogen (secondary N) is 1. The molecule has 0 bridgehead atoms. The van der Waals surface area contributed by atoms with Gasteiger partial charge in [0.15, 0.2) is 0 Å². The summed E-state index contributed by atoms with van der Waals surface area (Å²) < 4.78 is 1.58. The quantitative estimate of drug-likeness (QED) is 0.817. The Labute approximate surface area is 120 Å². The molecule has 1 atom stereocenters. The van der Waals surface area contributed by atoms with Gasteiger partial charge in [0.25, 0.3) is 5.78 Å². The summed E-state index contributed by atoms with van der Waals surface area (Å²) in [5.74, 6) is 1.77. The lowest BCUT2D eigenvalue weighted by atomic mass is 10.1. The lowest BCUT2D eigenvalue weighted by Gasteiger charge is -2.23. The fourth-order valence-corrected chi connectivity index (χ4v) is 2.63. The maximum Gasteiger partial charge on any atom is 0.255 e. The molecule has 2 aromatic heterocycles. The van der Waals surface area contributed by atoms with Crippen molar-refractivity contribution >= 4 is 35.0 Å². The van der Waals surface area contributed by atoms with Crippen LogP contribution >= 0.6 is 23.4 Å². The van der Waals surface area contributed by atoms with Gasteiger partial charge < -0.3 is 10.4 Å². The van der Waals surface area contributed by atoms with Crippen molar-refractivity contribution < 1.29 is 5.11 Å². The van der Waals surface area contributed by atoms with Crippen LogP contribution in [-0.4, -0.2) is 48.8 Å². The van der Waals surface area contributed by atoms with Crippen LogP contribution in [0.5, 0.6) is 0 Å². The van der Waals surface area contributed by atoms with Crippen LogP contribution in [0.15, 0.2) is 6.33 Å². The second-order valence-corrected chi connectivity index (χ2v) is 5.86. The lowest BCUT2D eigenvalue weighted by molar-refractivity contribution is 0.0995. The minimum Gasteiger partial charge on any atom is -0.387 e. The molecule has 1 unspecified atom stereocenters. The standard InChI is InChI=1S/C11H16ClN5OS/c1-7-8(12)16-10-14-6-15-17(10)9(7)13-4-11(2,18)5-19-3/h6,13,18H,4-5H2,1-3H3. The van der Waals surface area contributed by atoms with Crippen LogP contribution in [0, 0.1) is 6.92 Å². The summed E-state index contributed by atoms with van der Waals surface area (Å²) in [5.41, 5.74) is -0.0336. The topological polar surface area (TPSA) is 75.3 Å². The van der Waals surface area contributed by atoms with Crippen LogP contribution in [0.1, 0.15) is 12.5 Å². The first kappa shape index (κ1) is 14.4. The van der Waals surface area contributed by atoms with E-state index in [9.17, 15) is 5.11 Å². The van der Waals surface area contributed by atoms with Gasteiger partial charge in [0, 0.05) is 17.9 Å². The zero-order valence-electron chi connectivity index (χ0n) is 11.0. The van der Waals surface area contributed by atoms with Crippen molar-refractivity contribution in [1.29, 1.82) is 0 Å². The third kappa shape index (κ3) is 3.10. The first-order valence-electron chi connectivity index (χ1n) is 5.75. The van der Waals surface area contributed by atoms with Crippen LogP contribution in [0.2, 0.25) is 5.15 Å². The maximum atomic E-state index is 10.2. The van der Waals surface area contributed by atoms with Gasteiger partial charge in [-0.15, -0.1) is 0 Å². The van der Waals surface area contributed by atoms with Gasteiger partial charge in [-0.2, -0.15) is 31.3 Å². The summed E-state index contributed by atoms with van der Waals surface area (Å²) in [6.07, 6.45) is 3.38. The number of aliphatic hydroxyl groups is 1. The highest BCUT2D eigenvalue weighted by molar-refractivity contribution is 7.98. The van der Waals surface area contributed by atoms with Gasteiger partial charge in [-0.25, -0.2) is 0 Å². The van der Waals surface area contributed by atoms with Gasteiger partial charge in [0.2, 0.25) is 0 Å². The van der Waals surface area contributed by atoms with Crippen LogP contribution < -0.4 is 5.32 Å². The third-order valence-corrected chi connectivity index (χ3v) is 3.97. The molecular weight excluding hydrogens is 286 g/mol. The number of thioether (sulfide) groups is 1. The molecule has 2 N–H and O–H groups in total. The Morgan fingerprint density at radius 3 is 3.00 bits per heavy atom. The number of nitrogens with zero attached hydrogens (tertiary/aromatic N) is 4. The lowest BCUT2D eigenvalue weighted by Crippen LogP contribution is -2.36. The number of halogens is 1. The van der Waals surface area contributed by atoms with E-state index in [1.807, 2.05) is 13.2 Å². The first-order valence-corrected chi connectivity index (χ1v) is 7.53. The van der Waals surface area contributed by atoms with E-state index in [1.165, 1.54) is 6.33 Å². The van der Waals surface area contributed by atoms with Crippen molar-refractivity contribution in [3.8, 4) is 0 Å². The number of hydrogen-bond acceptors (Lipinski definition) is 6. The van der Waals surface area contributed by atoms with E-state index in [0.717, 1.165) is 5.56 Å². The van der Waals surface area contributed by atoms with Crippen LogP contribution in [0.3, 0.4) is 0 Å². The molecule has 0 aliphatic heterocycles. The molecule has 0 aliphatic rings. The van der Waals surface area contributed by atoms with E-state index in [2.05, 4.69) is 20.4 Å². The van der Waals surface area contributed by atoms with E-state index < -0.39 is 5.60 Å². The molecule has 0 aromatic carbocycles. The zero-order chi connectivity index (χ0) is 14.0. The van der Waals surface area contributed by atoms with E-state index in [0.29, 0.717) is 29.0 Å². The zero-order valence-corrected chi connectivity index (χ0v) is 12.6. The van der Waals surface area contributed by atoms with Crippen molar-refractivity contribution in [2.45, 2.75) is 19.4 Å². The van der Waals surface area contributed by atoms with Crippen molar-refractivity contribution in [2.75, 3.05) is 23.9 Å². The van der Waals surface area contributed by atoms with Crippen molar-refractivity contribution in [2.24, 2.45) is 0 Å². The fourth-order valence-electron chi connectivity index (χ4n) is 1.74. The minimum absolute atomic E-state index is 0.382. The van der Waals surface area contributed by atoms with Gasteiger partial charge in [-0.1, -0.05) is 11.6 Å². The summed E-state index contributed by atoms with van der Waals surface area (Å²) >= 11 is 7.66. The Bertz CT molecular complexity index is 586. The second-order valence-electron chi connectivity index (χ2n) is 4.63.